The molecule has 0 amide bonds. The minimum absolute atomic E-state index is 0.0287. The van der Waals surface area contributed by atoms with Gasteiger partial charge in [0, 0.05) is 61.5 Å². The lowest BCUT2D eigenvalue weighted by Gasteiger charge is -2.34. The maximum atomic E-state index is 16.7. The van der Waals surface area contributed by atoms with Crippen LogP contribution in [0.25, 0.3) is 32.9 Å². The van der Waals surface area contributed by atoms with E-state index in [0.29, 0.717) is 24.3 Å². The lowest BCUT2D eigenvalue weighted by molar-refractivity contribution is 0.0814. The molecule has 0 spiro atoms. The summed E-state index contributed by atoms with van der Waals surface area (Å²) < 4.78 is 54.6. The summed E-state index contributed by atoms with van der Waals surface area (Å²) in [4.78, 5) is 18.4. The Morgan fingerprint density at radius 3 is 2.72 bits per heavy atom. The Morgan fingerprint density at radius 2 is 1.89 bits per heavy atom. The summed E-state index contributed by atoms with van der Waals surface area (Å²) >= 11 is 0. The number of hydrogen-bond donors (Lipinski definition) is 2. The molecule has 2 bridgehead atoms. The first-order valence-corrected chi connectivity index (χ1v) is 15.7. The van der Waals surface area contributed by atoms with Crippen molar-refractivity contribution in [2.45, 2.75) is 49.9 Å². The molecule has 3 saturated heterocycles. The third-order valence-corrected chi connectivity index (χ3v) is 10.4. The third kappa shape index (κ3) is 4.03. The fourth-order valence-corrected chi connectivity index (χ4v) is 8.17. The molecular formula is C33H31F3N8O2. The largest absolute Gasteiger partial charge is 0.508 e. The minimum atomic E-state index is -1.15. The van der Waals surface area contributed by atoms with E-state index in [-0.39, 0.29) is 63.5 Å². The zero-order valence-corrected chi connectivity index (χ0v) is 25.1. The second-order valence-corrected chi connectivity index (χ2v) is 13.0. The fraction of sp³-hybridized carbons (Fsp3) is 0.394. The van der Waals surface area contributed by atoms with Gasteiger partial charge in [-0.3, -0.25) is 14.6 Å². The van der Waals surface area contributed by atoms with Crippen LogP contribution in [0.2, 0.25) is 0 Å². The van der Waals surface area contributed by atoms with Gasteiger partial charge in [-0.05, 0) is 55.8 Å². The van der Waals surface area contributed by atoms with Gasteiger partial charge in [0.15, 0.2) is 17.5 Å². The van der Waals surface area contributed by atoms with Crippen LogP contribution in [-0.4, -0.2) is 73.1 Å². The maximum Gasteiger partial charge on any atom is 0.319 e. The first kappa shape index (κ1) is 27.8. The molecule has 4 aliphatic heterocycles. The van der Waals surface area contributed by atoms with Gasteiger partial charge in [0.25, 0.3) is 0 Å². The summed E-state index contributed by atoms with van der Waals surface area (Å²) in [5, 5.41) is 19.0. The lowest BCUT2D eigenvalue weighted by atomic mass is 9.92. The number of benzene rings is 2. The zero-order valence-electron chi connectivity index (χ0n) is 25.1. The number of hydrogen-bond acceptors (Lipinski definition) is 9. The van der Waals surface area contributed by atoms with Crippen molar-refractivity contribution in [1.29, 1.82) is 0 Å². The molecule has 13 heteroatoms. The number of phenols is 1. The second kappa shape index (κ2) is 10.0. The van der Waals surface area contributed by atoms with Crippen LogP contribution in [0, 0.1) is 17.5 Å². The number of rotatable bonds is 5. The van der Waals surface area contributed by atoms with Crippen molar-refractivity contribution < 1.29 is 23.0 Å². The van der Waals surface area contributed by atoms with Crippen molar-refractivity contribution in [3.05, 3.63) is 65.4 Å². The van der Waals surface area contributed by atoms with Gasteiger partial charge in [0.1, 0.15) is 29.4 Å². The van der Waals surface area contributed by atoms with Gasteiger partial charge >= 0.3 is 6.01 Å². The summed E-state index contributed by atoms with van der Waals surface area (Å²) in [5.41, 5.74) is 1.53. The van der Waals surface area contributed by atoms with Crippen molar-refractivity contribution in [2.24, 2.45) is 7.05 Å². The van der Waals surface area contributed by atoms with E-state index >= 15 is 8.78 Å². The number of aromatic nitrogens is 5. The Balaban J connectivity index is 1.19. The zero-order chi connectivity index (χ0) is 31.3. The van der Waals surface area contributed by atoms with Gasteiger partial charge in [0.05, 0.1) is 22.8 Å². The molecule has 0 radical (unpaired) electrons. The number of nitrogens with zero attached hydrogens (tertiary/aromatic N) is 7. The number of ether oxygens (including phenoxy) is 1. The summed E-state index contributed by atoms with van der Waals surface area (Å²) in [7, 11) is 1.94. The number of pyridine rings is 1. The van der Waals surface area contributed by atoms with E-state index in [1.165, 1.54) is 24.4 Å². The smallest absolute Gasteiger partial charge is 0.319 e. The normalized spacial score (nSPS) is 23.9. The Bertz CT molecular complexity index is 2060. The summed E-state index contributed by atoms with van der Waals surface area (Å²) in [6.45, 7) is 3.35. The number of anilines is 1. The maximum absolute atomic E-state index is 16.7. The minimum Gasteiger partial charge on any atom is -0.508 e. The van der Waals surface area contributed by atoms with Gasteiger partial charge < -0.3 is 20.1 Å². The van der Waals surface area contributed by atoms with Crippen LogP contribution in [0.3, 0.4) is 0 Å². The van der Waals surface area contributed by atoms with E-state index < -0.39 is 17.5 Å². The highest BCUT2D eigenvalue weighted by molar-refractivity contribution is 6.00. The predicted octanol–water partition coefficient (Wildman–Crippen LogP) is 4.53. The molecule has 7 heterocycles. The van der Waals surface area contributed by atoms with E-state index in [1.54, 1.807) is 0 Å². The number of nitrogens with one attached hydrogen (secondary N) is 1. The molecule has 46 heavy (non-hydrogen) atoms. The van der Waals surface area contributed by atoms with Crippen molar-refractivity contribution in [3.63, 3.8) is 0 Å². The number of phenolic OH excluding ortho intramolecular Hbond substituents is 1. The van der Waals surface area contributed by atoms with Crippen LogP contribution in [0.4, 0.5) is 19.0 Å². The molecule has 4 aliphatic rings. The lowest BCUT2D eigenvalue weighted by Crippen LogP contribution is -2.51. The molecule has 2 aromatic carbocycles. The van der Waals surface area contributed by atoms with Crippen molar-refractivity contribution in [3.8, 4) is 23.0 Å². The molecule has 3 aromatic heterocycles. The summed E-state index contributed by atoms with van der Waals surface area (Å²) in [6, 6.07) is 5.40. The molecule has 9 rings (SSSR count). The summed E-state index contributed by atoms with van der Waals surface area (Å²) in [6.07, 6.45) is 7.38. The van der Waals surface area contributed by atoms with E-state index in [9.17, 15) is 9.50 Å². The highest BCUT2D eigenvalue weighted by atomic mass is 19.2. The Labute approximate surface area is 261 Å². The molecule has 3 fully saturated rings. The first-order valence-electron chi connectivity index (χ1n) is 15.7. The molecular weight excluding hydrogens is 597 g/mol. The number of fused-ring (bicyclic) bond motifs is 7. The Morgan fingerprint density at radius 1 is 1.07 bits per heavy atom. The van der Waals surface area contributed by atoms with Crippen LogP contribution in [-0.2, 0) is 19.1 Å². The van der Waals surface area contributed by atoms with Crippen LogP contribution >= 0.6 is 0 Å². The fourth-order valence-electron chi connectivity index (χ4n) is 8.17. The topological polar surface area (TPSA) is 104 Å². The highest BCUT2D eigenvalue weighted by Gasteiger charge is 2.50. The van der Waals surface area contributed by atoms with Gasteiger partial charge in [0.2, 0.25) is 0 Å². The standard InChI is InChI=1S/C33H31F3N8O2/c1-42-25-15-44-8-2-7-33(44,23(25)12-38-42)16-46-32-40-30-22(31(41-32)43-13-18-4-5-19(14-43)39-18)11-37-29(28(30)36)21-10-20(45)9-17-3-6-24(34)27(35)26(17)21/h3,6,9-12,18-19,39,45H,2,4-5,7-8,13-16H2,1H3. The quantitative estimate of drug-likeness (QED) is 0.291. The Hall–Kier alpha value is -4.49. The van der Waals surface area contributed by atoms with Crippen LogP contribution in [0.1, 0.15) is 36.9 Å². The summed E-state index contributed by atoms with van der Waals surface area (Å²) in [5.74, 6) is -2.79. The van der Waals surface area contributed by atoms with Crippen molar-refractivity contribution in [2.75, 3.05) is 31.1 Å². The molecule has 2 N–H and O–H groups in total. The van der Waals surface area contributed by atoms with Crippen LogP contribution in [0.5, 0.6) is 11.8 Å². The van der Waals surface area contributed by atoms with Gasteiger partial charge in [-0.25, -0.2) is 13.2 Å². The molecule has 3 atom stereocenters. The predicted molar refractivity (Wildman–Crippen MR) is 164 cm³/mol. The number of aryl methyl sites for hydroxylation is 1. The number of halogens is 3. The first-order chi connectivity index (χ1) is 22.3. The van der Waals surface area contributed by atoms with Crippen molar-refractivity contribution >= 4 is 27.5 Å². The second-order valence-electron chi connectivity index (χ2n) is 13.0. The molecule has 3 unspecified atom stereocenters. The molecule has 10 nitrogen and oxygen atoms in total. The average molecular weight is 629 g/mol. The van der Waals surface area contributed by atoms with Gasteiger partial charge in [-0.15, -0.1) is 0 Å². The molecule has 0 saturated carbocycles. The van der Waals surface area contributed by atoms with Crippen LogP contribution in [0.15, 0.2) is 36.7 Å². The van der Waals surface area contributed by atoms with Gasteiger partial charge in [-0.2, -0.15) is 15.1 Å². The SMILES string of the molecule is Cn1ncc2c1CN1CCCC21COc1nc(N2CC3CCC(C2)N3)c2cnc(-c3cc(O)cc4ccc(F)c(F)c34)c(F)c2n1. The molecule has 5 aromatic rings. The van der Waals surface area contributed by atoms with E-state index in [0.717, 1.165) is 56.1 Å². The van der Waals surface area contributed by atoms with Gasteiger partial charge in [-0.1, -0.05) is 6.07 Å². The number of aromatic hydroxyl groups is 1. The molecule has 0 aliphatic carbocycles. The molecule has 236 valence electrons. The monoisotopic (exact) mass is 628 g/mol. The average Bonchev–Trinajstić information content (AvgIpc) is 3.79. The van der Waals surface area contributed by atoms with E-state index in [2.05, 4.69) is 30.2 Å². The Kier molecular flexibility index (Phi) is 6.04. The van der Waals surface area contributed by atoms with E-state index in [1.807, 2.05) is 17.9 Å². The van der Waals surface area contributed by atoms with Crippen LogP contribution < -0.4 is 15.0 Å². The van der Waals surface area contributed by atoms with Crippen molar-refractivity contribution in [1.82, 2.24) is 34.9 Å². The third-order valence-electron chi connectivity index (χ3n) is 10.4. The highest BCUT2D eigenvalue weighted by Crippen LogP contribution is 2.47. The number of piperazine rings is 1. The van der Waals surface area contributed by atoms with E-state index in [4.69, 9.17) is 9.72 Å².